The summed E-state index contributed by atoms with van der Waals surface area (Å²) in [6.45, 7) is 0.725. The van der Waals surface area contributed by atoms with Crippen molar-refractivity contribution in [1.29, 1.82) is 5.26 Å². The van der Waals surface area contributed by atoms with Gasteiger partial charge in [-0.15, -0.1) is 0 Å². The summed E-state index contributed by atoms with van der Waals surface area (Å²) in [4.78, 5) is 12.3. The maximum atomic E-state index is 12.3. The van der Waals surface area contributed by atoms with E-state index in [-0.39, 0.29) is 17.5 Å². The van der Waals surface area contributed by atoms with Crippen molar-refractivity contribution in [3.63, 3.8) is 0 Å². The number of nitrogens with one attached hydrogen (secondary N) is 1. The minimum Gasteiger partial charge on any atom is -0.349 e. The van der Waals surface area contributed by atoms with E-state index in [1.54, 1.807) is 6.08 Å². The maximum Gasteiger partial charge on any atom is 0.262 e. The molecule has 1 saturated carbocycles. The van der Waals surface area contributed by atoms with Crippen LogP contribution in [-0.4, -0.2) is 16.5 Å². The van der Waals surface area contributed by atoms with Crippen LogP contribution in [0.4, 0.5) is 0 Å². The Labute approximate surface area is 166 Å². The Morgan fingerprint density at radius 3 is 2.74 bits per heavy atom. The van der Waals surface area contributed by atoms with Crippen LogP contribution in [0.5, 0.6) is 0 Å². The molecule has 0 aliphatic heterocycles. The molecular weight excluding hydrogens is 402 g/mol. The Kier molecular flexibility index (Phi) is 4.83. The lowest BCUT2D eigenvalue weighted by Gasteiger charge is -2.05. The second-order valence-corrected chi connectivity index (χ2v) is 7.69. The summed E-state index contributed by atoms with van der Waals surface area (Å²) < 4.78 is 3.11. The normalized spacial score (nSPS) is 14.1. The van der Waals surface area contributed by atoms with Crippen LogP contribution in [0.25, 0.3) is 17.0 Å². The summed E-state index contributed by atoms with van der Waals surface area (Å²) >= 11 is 3.52. The highest BCUT2D eigenvalue weighted by Gasteiger charge is 2.25. The van der Waals surface area contributed by atoms with Crippen molar-refractivity contribution < 1.29 is 4.79 Å². The van der Waals surface area contributed by atoms with E-state index in [0.717, 1.165) is 40.3 Å². The molecule has 3 aromatic rings. The van der Waals surface area contributed by atoms with Crippen molar-refractivity contribution in [2.75, 3.05) is 0 Å². The average Bonchev–Trinajstić information content (AvgIpc) is 3.43. The Morgan fingerprint density at radius 1 is 1.26 bits per heavy atom. The molecule has 0 atom stereocenters. The average molecular weight is 420 g/mol. The van der Waals surface area contributed by atoms with E-state index >= 15 is 0 Å². The highest BCUT2D eigenvalue weighted by Crippen LogP contribution is 2.28. The zero-order valence-electron chi connectivity index (χ0n) is 14.7. The van der Waals surface area contributed by atoms with Crippen LogP contribution in [0.15, 0.2) is 64.8 Å². The number of hydrogen-bond donors (Lipinski definition) is 1. The molecule has 4 rings (SSSR count). The van der Waals surface area contributed by atoms with Crippen molar-refractivity contribution in [2.45, 2.75) is 25.4 Å². The van der Waals surface area contributed by atoms with E-state index in [4.69, 9.17) is 0 Å². The van der Waals surface area contributed by atoms with Gasteiger partial charge >= 0.3 is 0 Å². The van der Waals surface area contributed by atoms with Gasteiger partial charge in [-0.1, -0.05) is 46.3 Å². The van der Waals surface area contributed by atoms with Gasteiger partial charge in [0.1, 0.15) is 11.6 Å². The minimum absolute atomic E-state index is 0.139. The topological polar surface area (TPSA) is 57.8 Å². The van der Waals surface area contributed by atoms with E-state index in [9.17, 15) is 10.1 Å². The molecular formula is C22H18BrN3O. The quantitative estimate of drug-likeness (QED) is 0.483. The summed E-state index contributed by atoms with van der Waals surface area (Å²) in [6, 6.07) is 18.6. The molecule has 1 aliphatic rings. The summed E-state index contributed by atoms with van der Waals surface area (Å²) in [5.74, 6) is -0.293. The lowest BCUT2D eigenvalue weighted by molar-refractivity contribution is -0.117. The standard InChI is InChI=1S/C22H18BrN3O/c23-18-6-9-21-20(11-18)17(10-16(12-24)22(27)25-19-7-8-19)14-26(21)13-15-4-2-1-3-5-15/h1-6,9-11,14,19H,7-8,13H2,(H,25,27)/b16-10+. The largest absolute Gasteiger partial charge is 0.349 e. The molecule has 0 radical (unpaired) electrons. The van der Waals surface area contributed by atoms with Gasteiger partial charge in [-0.05, 0) is 42.7 Å². The van der Waals surface area contributed by atoms with Gasteiger partial charge in [0.05, 0.1) is 0 Å². The van der Waals surface area contributed by atoms with Crippen molar-refractivity contribution >= 4 is 38.8 Å². The fourth-order valence-corrected chi connectivity index (χ4v) is 3.48. The van der Waals surface area contributed by atoms with E-state index in [0.29, 0.717) is 0 Å². The number of aromatic nitrogens is 1. The molecule has 1 N–H and O–H groups in total. The number of hydrogen-bond acceptors (Lipinski definition) is 2. The van der Waals surface area contributed by atoms with Gasteiger partial charge in [-0.2, -0.15) is 5.26 Å². The first-order chi connectivity index (χ1) is 13.1. The fourth-order valence-electron chi connectivity index (χ4n) is 3.12. The van der Waals surface area contributed by atoms with Gasteiger partial charge < -0.3 is 9.88 Å². The van der Waals surface area contributed by atoms with E-state index in [1.165, 1.54) is 5.56 Å². The Morgan fingerprint density at radius 2 is 2.04 bits per heavy atom. The summed E-state index contributed by atoms with van der Waals surface area (Å²) in [5.41, 5.74) is 3.26. The van der Waals surface area contributed by atoms with Crippen LogP contribution in [0.2, 0.25) is 0 Å². The first-order valence-electron chi connectivity index (χ1n) is 8.89. The molecule has 0 saturated heterocycles. The van der Waals surface area contributed by atoms with Crippen molar-refractivity contribution in [1.82, 2.24) is 9.88 Å². The molecule has 0 bridgehead atoms. The number of benzene rings is 2. The van der Waals surface area contributed by atoms with E-state index in [1.807, 2.05) is 42.6 Å². The predicted octanol–water partition coefficient (Wildman–Crippen LogP) is 4.64. The number of halogens is 1. The number of carbonyl (C=O) groups is 1. The lowest BCUT2D eigenvalue weighted by Crippen LogP contribution is -2.26. The number of fused-ring (bicyclic) bond motifs is 1. The highest BCUT2D eigenvalue weighted by molar-refractivity contribution is 9.10. The second kappa shape index (κ2) is 7.42. The first-order valence-corrected chi connectivity index (χ1v) is 9.68. The van der Waals surface area contributed by atoms with Crippen LogP contribution in [-0.2, 0) is 11.3 Å². The predicted molar refractivity (Wildman–Crippen MR) is 110 cm³/mol. The van der Waals surface area contributed by atoms with Crippen LogP contribution >= 0.6 is 15.9 Å². The Hall–Kier alpha value is -2.84. The fraction of sp³-hybridized carbons (Fsp3) is 0.182. The van der Waals surface area contributed by atoms with Gasteiger partial charge in [0.2, 0.25) is 0 Å². The molecule has 1 heterocycles. The number of nitriles is 1. The van der Waals surface area contributed by atoms with Crippen molar-refractivity contribution in [3.05, 3.63) is 75.9 Å². The number of amides is 1. The van der Waals surface area contributed by atoms with E-state index in [2.05, 4.69) is 44.0 Å². The molecule has 1 amide bonds. The van der Waals surface area contributed by atoms with E-state index < -0.39 is 0 Å². The molecule has 5 heteroatoms. The van der Waals surface area contributed by atoms with Crippen LogP contribution in [0, 0.1) is 11.3 Å². The third kappa shape index (κ3) is 3.96. The third-order valence-electron chi connectivity index (χ3n) is 4.65. The Balaban J connectivity index is 1.75. The number of rotatable bonds is 5. The monoisotopic (exact) mass is 419 g/mol. The maximum absolute atomic E-state index is 12.3. The van der Waals surface area contributed by atoms with Crippen LogP contribution in [0.1, 0.15) is 24.0 Å². The molecule has 0 unspecified atom stereocenters. The smallest absolute Gasteiger partial charge is 0.262 e. The van der Waals surface area contributed by atoms with Crippen LogP contribution < -0.4 is 5.32 Å². The molecule has 134 valence electrons. The summed E-state index contributed by atoms with van der Waals surface area (Å²) in [6.07, 6.45) is 5.68. The second-order valence-electron chi connectivity index (χ2n) is 6.78. The third-order valence-corrected chi connectivity index (χ3v) is 5.14. The van der Waals surface area contributed by atoms with Gasteiger partial charge in [0.15, 0.2) is 0 Å². The van der Waals surface area contributed by atoms with Crippen molar-refractivity contribution in [2.24, 2.45) is 0 Å². The zero-order valence-corrected chi connectivity index (χ0v) is 16.2. The SMILES string of the molecule is N#C/C(=C\c1cn(Cc2ccccc2)c2ccc(Br)cc12)C(=O)NC1CC1. The molecule has 4 nitrogen and oxygen atoms in total. The molecule has 27 heavy (non-hydrogen) atoms. The molecule has 1 aromatic heterocycles. The summed E-state index contributed by atoms with van der Waals surface area (Å²) in [7, 11) is 0. The van der Waals surface area contributed by atoms with Crippen molar-refractivity contribution in [3.8, 4) is 6.07 Å². The molecule has 1 aliphatic carbocycles. The molecule has 0 spiro atoms. The molecule has 1 fully saturated rings. The van der Waals surface area contributed by atoms with Gasteiger partial charge in [0, 0.05) is 39.7 Å². The Bertz CT molecular complexity index is 1070. The lowest BCUT2D eigenvalue weighted by atomic mass is 10.1. The minimum atomic E-state index is -0.293. The van der Waals surface area contributed by atoms with Gasteiger partial charge in [-0.3, -0.25) is 4.79 Å². The summed E-state index contributed by atoms with van der Waals surface area (Å²) in [5, 5.41) is 13.4. The van der Waals surface area contributed by atoms with Gasteiger partial charge in [0.25, 0.3) is 5.91 Å². The highest BCUT2D eigenvalue weighted by atomic mass is 79.9. The number of nitrogens with zero attached hydrogens (tertiary/aromatic N) is 2. The number of carbonyl (C=O) groups excluding carboxylic acids is 1. The van der Waals surface area contributed by atoms with Crippen LogP contribution in [0.3, 0.4) is 0 Å². The zero-order chi connectivity index (χ0) is 18.8. The van der Waals surface area contributed by atoms with Gasteiger partial charge in [-0.25, -0.2) is 0 Å². The molecule has 2 aromatic carbocycles. The first kappa shape index (κ1) is 17.6.